The number of amides is 1. The lowest BCUT2D eigenvalue weighted by Crippen LogP contribution is -2.42. The van der Waals surface area contributed by atoms with Crippen molar-refractivity contribution in [2.24, 2.45) is 0 Å². The Balaban J connectivity index is 1.40. The number of carbonyl (C=O) groups is 1. The van der Waals surface area contributed by atoms with Gasteiger partial charge >= 0.3 is 0 Å². The highest BCUT2D eigenvalue weighted by Crippen LogP contribution is 2.24. The number of ether oxygens (including phenoxy) is 1. The van der Waals surface area contributed by atoms with Crippen LogP contribution >= 0.6 is 0 Å². The van der Waals surface area contributed by atoms with Crippen LogP contribution in [0.5, 0.6) is 0 Å². The Hall–Kier alpha value is -1.59. The topological polar surface area (TPSA) is 44.8 Å². The monoisotopic (exact) mass is 356 g/mol. The molecule has 1 amide bonds. The van der Waals surface area contributed by atoms with Crippen molar-refractivity contribution in [3.8, 4) is 0 Å². The van der Waals surface area contributed by atoms with E-state index in [1.165, 1.54) is 25.9 Å². The molecule has 3 aliphatic rings. The fourth-order valence-electron chi connectivity index (χ4n) is 4.47. The van der Waals surface area contributed by atoms with Gasteiger partial charge in [0.2, 0.25) is 0 Å². The van der Waals surface area contributed by atoms with E-state index in [1.54, 1.807) is 0 Å². The van der Waals surface area contributed by atoms with E-state index in [0.29, 0.717) is 12.1 Å². The number of hydrogen-bond donors (Lipinski definition) is 1. The van der Waals surface area contributed by atoms with Crippen LogP contribution in [-0.4, -0.2) is 67.2 Å². The quantitative estimate of drug-likeness (QED) is 0.881. The van der Waals surface area contributed by atoms with E-state index >= 15 is 0 Å². The molecule has 3 aliphatic heterocycles. The van der Waals surface area contributed by atoms with Gasteiger partial charge in [0.15, 0.2) is 0 Å². The molecule has 0 unspecified atom stereocenters. The predicted octanol–water partition coefficient (Wildman–Crippen LogP) is 2.78. The Morgan fingerprint density at radius 3 is 2.77 bits per heavy atom. The largest absolute Gasteiger partial charge is 0.382 e. The first kappa shape index (κ1) is 17.8. The van der Waals surface area contributed by atoms with Crippen LogP contribution in [0.4, 0.5) is 5.69 Å². The maximum absolute atomic E-state index is 13.1. The summed E-state index contributed by atoms with van der Waals surface area (Å²) in [5.41, 5.74) is 1.71. The zero-order chi connectivity index (χ0) is 17.8. The van der Waals surface area contributed by atoms with E-state index in [2.05, 4.69) is 21.2 Å². The van der Waals surface area contributed by atoms with Gasteiger partial charge in [-0.15, -0.1) is 0 Å². The highest BCUT2D eigenvalue weighted by molar-refractivity contribution is 5.95. The van der Waals surface area contributed by atoms with Crippen molar-refractivity contribution in [2.45, 2.75) is 50.6 Å². The first-order valence-electron chi connectivity index (χ1n) is 10.2. The van der Waals surface area contributed by atoms with Crippen LogP contribution in [0, 0.1) is 6.07 Å². The number of benzene rings is 1. The van der Waals surface area contributed by atoms with Crippen LogP contribution in [0.15, 0.2) is 18.2 Å². The first-order chi connectivity index (χ1) is 12.8. The Labute approximate surface area is 156 Å². The molecule has 0 bridgehead atoms. The maximum Gasteiger partial charge on any atom is 0.254 e. The minimum Gasteiger partial charge on any atom is -0.382 e. The molecule has 3 heterocycles. The summed E-state index contributed by atoms with van der Waals surface area (Å²) in [6, 6.07) is 9.79. The summed E-state index contributed by atoms with van der Waals surface area (Å²) in [6.07, 6.45) is 6.88. The molecule has 5 nitrogen and oxygen atoms in total. The molecule has 26 heavy (non-hydrogen) atoms. The van der Waals surface area contributed by atoms with Crippen LogP contribution in [0.1, 0.15) is 48.9 Å². The molecular formula is C21H30N3O2. The van der Waals surface area contributed by atoms with Crippen molar-refractivity contribution in [3.05, 3.63) is 29.8 Å². The highest BCUT2D eigenvalue weighted by atomic mass is 16.5. The number of nitrogens with zero attached hydrogens (tertiary/aromatic N) is 2. The molecular weight excluding hydrogens is 326 g/mol. The van der Waals surface area contributed by atoms with Gasteiger partial charge in [0, 0.05) is 55.7 Å². The number of anilines is 1. The molecule has 0 spiro atoms. The maximum atomic E-state index is 13.1. The number of hydrogen-bond acceptors (Lipinski definition) is 4. The molecule has 1 atom stereocenters. The van der Waals surface area contributed by atoms with Gasteiger partial charge in [-0.1, -0.05) is 6.07 Å². The summed E-state index contributed by atoms with van der Waals surface area (Å²) >= 11 is 0. The molecule has 1 N–H and O–H groups in total. The van der Waals surface area contributed by atoms with E-state index in [9.17, 15) is 4.79 Å². The zero-order valence-corrected chi connectivity index (χ0v) is 15.6. The molecule has 1 radical (unpaired) electrons. The Bertz CT molecular complexity index is 609. The number of rotatable bonds is 5. The molecule has 4 rings (SSSR count). The van der Waals surface area contributed by atoms with Crippen LogP contribution < -0.4 is 5.32 Å². The fraction of sp³-hybridized carbons (Fsp3) is 0.667. The Morgan fingerprint density at radius 1 is 1.15 bits per heavy atom. The van der Waals surface area contributed by atoms with E-state index in [4.69, 9.17) is 4.74 Å². The standard InChI is InChI=1S/C21H30N3O2/c25-21(24-12-4-7-20(24)16-23-10-1-2-11-23)17-5-3-6-19(15-17)22-18-8-13-26-14-9-18/h3,5,15,18,20,22H,1-2,4,7-14,16H2/t20-/m1/s1. The van der Waals surface area contributed by atoms with Gasteiger partial charge in [0.25, 0.3) is 5.91 Å². The third-order valence-electron chi connectivity index (χ3n) is 5.94. The molecule has 0 aromatic heterocycles. The van der Waals surface area contributed by atoms with Crippen LogP contribution in [0.3, 0.4) is 0 Å². The second kappa shape index (κ2) is 8.40. The number of nitrogens with one attached hydrogen (secondary N) is 1. The Kier molecular flexibility index (Phi) is 5.75. The molecule has 3 fully saturated rings. The molecule has 3 saturated heterocycles. The van der Waals surface area contributed by atoms with Crippen molar-refractivity contribution >= 4 is 11.6 Å². The number of likely N-dealkylation sites (tertiary alicyclic amines) is 2. The molecule has 1 aromatic rings. The molecule has 0 aliphatic carbocycles. The lowest BCUT2D eigenvalue weighted by atomic mass is 10.1. The number of carbonyl (C=O) groups excluding carboxylic acids is 1. The van der Waals surface area contributed by atoms with E-state index in [1.807, 2.05) is 18.2 Å². The van der Waals surface area contributed by atoms with Crippen molar-refractivity contribution in [2.75, 3.05) is 44.7 Å². The van der Waals surface area contributed by atoms with Crippen LogP contribution in [0.2, 0.25) is 0 Å². The third kappa shape index (κ3) is 4.21. The summed E-state index contributed by atoms with van der Waals surface area (Å²) in [4.78, 5) is 17.7. The fourth-order valence-corrected chi connectivity index (χ4v) is 4.47. The summed E-state index contributed by atoms with van der Waals surface area (Å²) in [7, 11) is 0. The van der Waals surface area contributed by atoms with Crippen molar-refractivity contribution in [3.63, 3.8) is 0 Å². The zero-order valence-electron chi connectivity index (χ0n) is 15.6. The van der Waals surface area contributed by atoms with Crippen molar-refractivity contribution < 1.29 is 9.53 Å². The SMILES string of the molecule is O=C(c1cc[c]c(NC2CCOCC2)c1)N1CCC[C@@H]1CN1CCCC1. The van der Waals surface area contributed by atoms with Gasteiger partial charge < -0.3 is 19.9 Å². The molecule has 0 saturated carbocycles. The Morgan fingerprint density at radius 2 is 1.96 bits per heavy atom. The lowest BCUT2D eigenvalue weighted by Gasteiger charge is -2.29. The molecule has 1 aromatic carbocycles. The van der Waals surface area contributed by atoms with Gasteiger partial charge in [0.1, 0.15) is 0 Å². The second-order valence-corrected chi connectivity index (χ2v) is 7.82. The average Bonchev–Trinajstić information content (AvgIpc) is 3.35. The third-order valence-corrected chi connectivity index (χ3v) is 5.94. The van der Waals surface area contributed by atoms with Gasteiger partial charge in [-0.2, -0.15) is 0 Å². The van der Waals surface area contributed by atoms with Crippen LogP contribution in [-0.2, 0) is 4.74 Å². The van der Waals surface area contributed by atoms with Crippen LogP contribution in [0.25, 0.3) is 0 Å². The predicted molar refractivity (Wildman–Crippen MR) is 102 cm³/mol. The van der Waals surface area contributed by atoms with Gasteiger partial charge in [-0.05, 0) is 63.7 Å². The van der Waals surface area contributed by atoms with Crippen molar-refractivity contribution in [1.29, 1.82) is 0 Å². The minimum atomic E-state index is 0.177. The minimum absolute atomic E-state index is 0.177. The van der Waals surface area contributed by atoms with Crippen molar-refractivity contribution in [1.82, 2.24) is 9.80 Å². The summed E-state index contributed by atoms with van der Waals surface area (Å²) < 4.78 is 5.42. The summed E-state index contributed by atoms with van der Waals surface area (Å²) in [5.74, 6) is 0.177. The van der Waals surface area contributed by atoms with E-state index < -0.39 is 0 Å². The summed E-state index contributed by atoms with van der Waals surface area (Å²) in [5, 5.41) is 3.52. The normalized spacial score (nSPS) is 24.9. The smallest absolute Gasteiger partial charge is 0.254 e. The molecule has 5 heteroatoms. The van der Waals surface area contributed by atoms with E-state index in [-0.39, 0.29) is 5.91 Å². The summed E-state index contributed by atoms with van der Waals surface area (Å²) in [6.45, 7) is 5.93. The lowest BCUT2D eigenvalue weighted by molar-refractivity contribution is 0.0708. The first-order valence-corrected chi connectivity index (χ1v) is 10.2. The average molecular weight is 356 g/mol. The van der Waals surface area contributed by atoms with Gasteiger partial charge in [-0.25, -0.2) is 0 Å². The molecule has 141 valence electrons. The van der Waals surface area contributed by atoms with Gasteiger partial charge in [0.05, 0.1) is 0 Å². The second-order valence-electron chi connectivity index (χ2n) is 7.82. The van der Waals surface area contributed by atoms with Gasteiger partial charge in [-0.3, -0.25) is 4.79 Å². The highest BCUT2D eigenvalue weighted by Gasteiger charge is 2.31. The van der Waals surface area contributed by atoms with E-state index in [0.717, 1.165) is 63.2 Å².